The number of nitrogens with zero attached hydrogens (tertiary/aromatic N) is 1. The maximum Gasteiger partial charge on any atom is 0.111 e. The molecule has 1 unspecified atom stereocenters. The molecule has 4 rings (SSSR count). The molecular formula is C27H34FN. The second kappa shape index (κ2) is 8.81. The van der Waals surface area contributed by atoms with E-state index in [4.69, 9.17) is 4.98 Å². The van der Waals surface area contributed by atoms with Gasteiger partial charge in [0, 0.05) is 12.1 Å². The molecule has 0 radical (unpaired) electrons. The van der Waals surface area contributed by atoms with Gasteiger partial charge in [-0.1, -0.05) is 55.2 Å². The largest absolute Gasteiger partial charge is 0.260 e. The van der Waals surface area contributed by atoms with Gasteiger partial charge in [-0.25, -0.2) is 4.39 Å². The van der Waals surface area contributed by atoms with E-state index in [-0.39, 0.29) is 5.92 Å². The van der Waals surface area contributed by atoms with E-state index in [9.17, 15) is 0 Å². The van der Waals surface area contributed by atoms with E-state index >= 15 is 4.39 Å². The number of halogens is 1. The van der Waals surface area contributed by atoms with Gasteiger partial charge in [-0.3, -0.25) is 4.98 Å². The molecule has 1 aromatic heterocycles. The van der Waals surface area contributed by atoms with E-state index in [1.807, 2.05) is 6.20 Å². The molecule has 0 spiro atoms. The third kappa shape index (κ3) is 4.79. The van der Waals surface area contributed by atoms with Crippen LogP contribution in [0, 0.1) is 13.8 Å². The first-order valence-electron chi connectivity index (χ1n) is 11.5. The SMILES string of the molecule is Cc1cccc(C(CCCC2(F)CCCCC2)c2ncc(C3=CCC3)cc2C)c1. The highest BCUT2D eigenvalue weighted by Gasteiger charge is 2.31. The lowest BCUT2D eigenvalue weighted by Gasteiger charge is -2.30. The molecule has 0 saturated heterocycles. The van der Waals surface area contributed by atoms with Gasteiger partial charge < -0.3 is 0 Å². The van der Waals surface area contributed by atoms with Crippen molar-refractivity contribution >= 4 is 5.57 Å². The fourth-order valence-electron chi connectivity index (χ4n) is 5.08. The van der Waals surface area contributed by atoms with Crippen molar-refractivity contribution in [2.45, 2.75) is 89.6 Å². The monoisotopic (exact) mass is 391 g/mol. The fourth-order valence-corrected chi connectivity index (χ4v) is 5.08. The number of rotatable bonds is 7. The van der Waals surface area contributed by atoms with Gasteiger partial charge in [0.2, 0.25) is 0 Å². The molecule has 2 heteroatoms. The van der Waals surface area contributed by atoms with E-state index in [0.717, 1.165) is 44.2 Å². The Morgan fingerprint density at radius 3 is 2.55 bits per heavy atom. The number of benzene rings is 1. The molecule has 29 heavy (non-hydrogen) atoms. The van der Waals surface area contributed by atoms with Crippen molar-refractivity contribution < 1.29 is 4.39 Å². The molecule has 0 amide bonds. The highest BCUT2D eigenvalue weighted by molar-refractivity contribution is 5.69. The highest BCUT2D eigenvalue weighted by atomic mass is 19.1. The molecule has 1 nitrogen and oxygen atoms in total. The maximum atomic E-state index is 15.1. The molecule has 2 aliphatic carbocycles. The normalized spacial score (nSPS) is 19.3. The van der Waals surface area contributed by atoms with Crippen LogP contribution in [0.15, 0.2) is 42.6 Å². The molecule has 1 aromatic carbocycles. The van der Waals surface area contributed by atoms with Gasteiger partial charge in [-0.15, -0.1) is 0 Å². The van der Waals surface area contributed by atoms with Crippen LogP contribution >= 0.6 is 0 Å². The number of allylic oxidation sites excluding steroid dienone is 2. The van der Waals surface area contributed by atoms with Gasteiger partial charge in [0.05, 0.1) is 5.69 Å². The van der Waals surface area contributed by atoms with Crippen LogP contribution in [-0.2, 0) is 0 Å². The summed E-state index contributed by atoms with van der Waals surface area (Å²) < 4.78 is 15.1. The summed E-state index contributed by atoms with van der Waals surface area (Å²) in [5, 5.41) is 0. The minimum atomic E-state index is -0.932. The molecule has 0 bridgehead atoms. The Hall–Kier alpha value is -1.96. The fraction of sp³-hybridized carbons (Fsp3) is 0.519. The Labute approximate surface area is 175 Å². The molecule has 1 atom stereocenters. The van der Waals surface area contributed by atoms with Crippen LogP contribution in [0.5, 0.6) is 0 Å². The Balaban J connectivity index is 1.55. The minimum Gasteiger partial charge on any atom is -0.260 e. The predicted molar refractivity (Wildman–Crippen MR) is 120 cm³/mol. The summed E-state index contributed by atoms with van der Waals surface area (Å²) in [5.74, 6) is 0.242. The lowest BCUT2D eigenvalue weighted by Crippen LogP contribution is -2.26. The van der Waals surface area contributed by atoms with Gasteiger partial charge >= 0.3 is 0 Å². The van der Waals surface area contributed by atoms with Crippen molar-refractivity contribution in [3.8, 4) is 0 Å². The summed E-state index contributed by atoms with van der Waals surface area (Å²) in [7, 11) is 0. The second-order valence-electron chi connectivity index (χ2n) is 9.26. The van der Waals surface area contributed by atoms with Crippen LogP contribution in [-0.4, -0.2) is 10.7 Å². The first kappa shape index (κ1) is 20.3. The van der Waals surface area contributed by atoms with Crippen LogP contribution in [0.3, 0.4) is 0 Å². The van der Waals surface area contributed by atoms with Crippen molar-refractivity contribution in [2.75, 3.05) is 0 Å². The number of alkyl halides is 1. The Bertz CT molecular complexity index is 876. The summed E-state index contributed by atoms with van der Waals surface area (Å²) in [4.78, 5) is 4.94. The molecule has 1 saturated carbocycles. The van der Waals surface area contributed by atoms with Gasteiger partial charge in [0.25, 0.3) is 0 Å². The van der Waals surface area contributed by atoms with Gasteiger partial charge in [-0.2, -0.15) is 0 Å². The van der Waals surface area contributed by atoms with Gasteiger partial charge in [0.15, 0.2) is 0 Å². The molecule has 2 aliphatic rings. The topological polar surface area (TPSA) is 12.9 Å². The molecule has 0 aliphatic heterocycles. The average molecular weight is 392 g/mol. The van der Waals surface area contributed by atoms with E-state index < -0.39 is 5.67 Å². The van der Waals surface area contributed by atoms with E-state index in [1.54, 1.807) is 0 Å². The van der Waals surface area contributed by atoms with Crippen molar-refractivity contribution in [2.24, 2.45) is 0 Å². The number of hydrogen-bond donors (Lipinski definition) is 0. The van der Waals surface area contributed by atoms with E-state index in [2.05, 4.69) is 50.3 Å². The van der Waals surface area contributed by atoms with Gasteiger partial charge in [-0.05, 0) is 87.1 Å². The maximum absolute atomic E-state index is 15.1. The van der Waals surface area contributed by atoms with Crippen LogP contribution in [0.4, 0.5) is 4.39 Å². The Morgan fingerprint density at radius 1 is 1.10 bits per heavy atom. The third-order valence-corrected chi connectivity index (χ3v) is 6.94. The van der Waals surface area contributed by atoms with Crippen LogP contribution in [0.25, 0.3) is 5.57 Å². The zero-order valence-corrected chi connectivity index (χ0v) is 18.0. The third-order valence-electron chi connectivity index (χ3n) is 6.94. The summed E-state index contributed by atoms with van der Waals surface area (Å²) in [6, 6.07) is 11.1. The molecule has 154 valence electrons. The highest BCUT2D eigenvalue weighted by Crippen LogP contribution is 2.39. The van der Waals surface area contributed by atoms with Crippen LogP contribution in [0.1, 0.15) is 98.1 Å². The minimum absolute atomic E-state index is 0.242. The number of hydrogen-bond acceptors (Lipinski definition) is 1. The van der Waals surface area contributed by atoms with Crippen molar-refractivity contribution in [3.63, 3.8) is 0 Å². The van der Waals surface area contributed by atoms with Crippen LogP contribution in [0.2, 0.25) is 0 Å². The van der Waals surface area contributed by atoms with Crippen LogP contribution < -0.4 is 0 Å². The molecule has 1 fully saturated rings. The molecule has 1 heterocycles. The Kier molecular flexibility index (Phi) is 6.18. The number of pyridine rings is 1. The van der Waals surface area contributed by atoms with Crippen molar-refractivity contribution in [3.05, 3.63) is 70.6 Å². The quantitative estimate of drug-likeness (QED) is 0.468. The molecule has 0 N–H and O–H groups in total. The van der Waals surface area contributed by atoms with Gasteiger partial charge in [0.1, 0.15) is 5.67 Å². The van der Waals surface area contributed by atoms with Crippen molar-refractivity contribution in [1.29, 1.82) is 0 Å². The molecular weight excluding hydrogens is 357 g/mol. The molecule has 2 aromatic rings. The predicted octanol–water partition coefficient (Wildman–Crippen LogP) is 7.85. The summed E-state index contributed by atoms with van der Waals surface area (Å²) >= 11 is 0. The zero-order valence-electron chi connectivity index (χ0n) is 18.0. The average Bonchev–Trinajstić information content (AvgIpc) is 2.65. The van der Waals surface area contributed by atoms with E-state index in [0.29, 0.717) is 6.42 Å². The Morgan fingerprint density at radius 2 is 1.90 bits per heavy atom. The summed E-state index contributed by atoms with van der Waals surface area (Å²) in [6.45, 7) is 4.33. The van der Waals surface area contributed by atoms with E-state index in [1.165, 1.54) is 47.1 Å². The second-order valence-corrected chi connectivity index (χ2v) is 9.26. The lowest BCUT2D eigenvalue weighted by molar-refractivity contribution is 0.0926. The number of aryl methyl sites for hydroxylation is 2. The first-order valence-corrected chi connectivity index (χ1v) is 11.5. The summed E-state index contributed by atoms with van der Waals surface area (Å²) in [6.07, 6.45) is 14.1. The van der Waals surface area contributed by atoms with Crippen molar-refractivity contribution in [1.82, 2.24) is 4.98 Å². The lowest BCUT2D eigenvalue weighted by atomic mass is 9.80. The number of aromatic nitrogens is 1. The smallest absolute Gasteiger partial charge is 0.111 e. The zero-order chi connectivity index (χ0) is 20.3. The first-order chi connectivity index (χ1) is 14.0. The summed E-state index contributed by atoms with van der Waals surface area (Å²) in [5.41, 5.74) is 6.77. The standard InChI is InChI=1S/C27H34FN/c1-20-9-6-12-23(17-20)25(13-8-16-27(28)14-4-3-5-15-27)26-21(2)18-24(19-29-26)22-10-7-11-22/h6,9-10,12,17-19,25H,3-5,7-8,11,13-16H2,1-2H3.